The third kappa shape index (κ3) is 3.22. The Balaban J connectivity index is 1.55. The van der Waals surface area contributed by atoms with Crippen LogP contribution in [0.1, 0.15) is 28.9 Å². The molecule has 3 fully saturated rings. The summed E-state index contributed by atoms with van der Waals surface area (Å²) < 4.78 is 29.8. The number of amides is 1. The average molecular weight is 345 g/mol. The van der Waals surface area contributed by atoms with Crippen LogP contribution in [0.2, 0.25) is 0 Å². The number of pyridine rings is 1. The van der Waals surface area contributed by atoms with E-state index < -0.39 is 6.43 Å². The lowest BCUT2D eigenvalue weighted by Gasteiger charge is -2.44. The van der Waals surface area contributed by atoms with Crippen molar-refractivity contribution in [1.82, 2.24) is 15.2 Å². The highest BCUT2D eigenvalue weighted by molar-refractivity contribution is 5.97. The number of furan rings is 1. The topological polar surface area (TPSA) is 58.4 Å². The van der Waals surface area contributed by atoms with Crippen LogP contribution in [0.4, 0.5) is 8.78 Å². The van der Waals surface area contributed by atoms with Crippen molar-refractivity contribution >= 4 is 16.9 Å². The number of nitrogens with zero attached hydrogens (tertiary/aromatic N) is 2. The fourth-order valence-corrected chi connectivity index (χ4v) is 3.66. The molecule has 1 N–H and O–H groups in total. The number of nitrogens with one attached hydrogen (secondary N) is 1. The van der Waals surface area contributed by atoms with Crippen LogP contribution >= 0.6 is 0 Å². The third-order valence-corrected chi connectivity index (χ3v) is 4.98. The molecule has 5 nitrogen and oxygen atoms in total. The lowest BCUT2D eigenvalue weighted by molar-refractivity contribution is 0.0618. The lowest BCUT2D eigenvalue weighted by Crippen LogP contribution is -2.57. The summed E-state index contributed by atoms with van der Waals surface area (Å²) in [5.74, 6) is 4.44. The molecule has 3 saturated heterocycles. The lowest BCUT2D eigenvalue weighted by atomic mass is 9.84. The minimum atomic E-state index is -2.72. The van der Waals surface area contributed by atoms with E-state index in [4.69, 9.17) is 4.42 Å². The summed E-state index contributed by atoms with van der Waals surface area (Å²) in [6.45, 7) is 3.07. The molecule has 7 heteroatoms. The molecule has 5 rings (SSSR count). The second-order valence-corrected chi connectivity index (χ2v) is 6.50. The third-order valence-electron chi connectivity index (χ3n) is 4.98. The summed E-state index contributed by atoms with van der Waals surface area (Å²) >= 11 is 0. The van der Waals surface area contributed by atoms with Crippen molar-refractivity contribution in [3.63, 3.8) is 0 Å². The largest absolute Gasteiger partial charge is 0.461 e. The molecular weight excluding hydrogens is 328 g/mol. The number of fused-ring (bicyclic) bond motifs is 4. The van der Waals surface area contributed by atoms with Gasteiger partial charge in [-0.2, -0.15) is 8.78 Å². The van der Waals surface area contributed by atoms with Crippen molar-refractivity contribution in [3.05, 3.63) is 29.8 Å². The average Bonchev–Trinajstić information content (AvgIpc) is 3.03. The van der Waals surface area contributed by atoms with Gasteiger partial charge in [0.05, 0.1) is 11.8 Å². The Morgan fingerprint density at radius 2 is 2.20 bits per heavy atom. The van der Waals surface area contributed by atoms with Gasteiger partial charge in [0.1, 0.15) is 12.0 Å². The minimum Gasteiger partial charge on any atom is -0.461 e. The van der Waals surface area contributed by atoms with E-state index in [9.17, 15) is 13.6 Å². The number of rotatable bonds is 2. The molecule has 2 aromatic heterocycles. The number of hydrogen-bond donors (Lipinski definition) is 1. The molecule has 3 aliphatic heterocycles. The Labute approximate surface area is 143 Å². The number of hydrogen-bond acceptors (Lipinski definition) is 4. The summed E-state index contributed by atoms with van der Waals surface area (Å²) in [6, 6.07) is 1.68. The molecule has 25 heavy (non-hydrogen) atoms. The second-order valence-electron chi connectivity index (χ2n) is 6.50. The molecular formula is C18H17F2N3O2. The molecule has 0 aromatic carbocycles. The quantitative estimate of drug-likeness (QED) is 0.849. The summed E-state index contributed by atoms with van der Waals surface area (Å²) in [7, 11) is 0. The monoisotopic (exact) mass is 345 g/mol. The van der Waals surface area contributed by atoms with Gasteiger partial charge in [0.15, 0.2) is 5.58 Å². The highest BCUT2D eigenvalue weighted by atomic mass is 19.3. The van der Waals surface area contributed by atoms with Crippen molar-refractivity contribution in [2.45, 2.75) is 25.3 Å². The maximum atomic E-state index is 12.6. The van der Waals surface area contributed by atoms with Gasteiger partial charge >= 0.3 is 0 Å². The molecule has 0 spiro atoms. The number of alkyl halides is 2. The SMILES string of the molecule is O=C(N[C@H]1CN2CCC1CC2)c1cc2c(C#CC(F)F)coc2cn1. The van der Waals surface area contributed by atoms with Gasteiger partial charge in [-0.15, -0.1) is 0 Å². The fraction of sp³-hybridized carbons (Fsp3) is 0.444. The molecule has 2 aromatic rings. The van der Waals surface area contributed by atoms with Crippen molar-refractivity contribution in [1.29, 1.82) is 0 Å². The first-order chi connectivity index (χ1) is 12.1. The summed E-state index contributed by atoms with van der Waals surface area (Å²) in [6.07, 6.45) is 2.22. The molecule has 2 bridgehead atoms. The number of aromatic nitrogens is 1. The van der Waals surface area contributed by atoms with E-state index in [1.807, 2.05) is 0 Å². The van der Waals surface area contributed by atoms with Gasteiger partial charge in [0.2, 0.25) is 0 Å². The predicted octanol–water partition coefficient (Wildman–Crippen LogP) is 2.27. The maximum Gasteiger partial charge on any atom is 0.299 e. The number of halogens is 2. The van der Waals surface area contributed by atoms with Crippen molar-refractivity contribution in [2.75, 3.05) is 19.6 Å². The molecule has 5 heterocycles. The van der Waals surface area contributed by atoms with Crippen molar-refractivity contribution < 1.29 is 18.0 Å². The fourth-order valence-electron chi connectivity index (χ4n) is 3.66. The van der Waals surface area contributed by atoms with Crippen LogP contribution in [-0.4, -0.2) is 47.9 Å². The Morgan fingerprint density at radius 1 is 1.40 bits per heavy atom. The first-order valence-electron chi connectivity index (χ1n) is 8.30. The standard InChI is InChI=1S/C18H17F2N3O2/c19-17(20)2-1-12-10-25-16-8-21-14(7-13(12)16)18(24)22-15-9-23-5-3-11(15)4-6-23/h7-8,10-11,15,17H,3-6,9H2,(H,22,24)/t15-/m0/s1. The Morgan fingerprint density at radius 3 is 2.88 bits per heavy atom. The zero-order valence-electron chi connectivity index (χ0n) is 13.5. The van der Waals surface area contributed by atoms with E-state index in [-0.39, 0.29) is 17.6 Å². The summed E-state index contributed by atoms with van der Waals surface area (Å²) in [4.78, 5) is 19.0. The van der Waals surface area contributed by atoms with E-state index in [0.717, 1.165) is 32.5 Å². The highest BCUT2D eigenvalue weighted by Gasteiger charge is 2.35. The van der Waals surface area contributed by atoms with Crippen molar-refractivity contribution in [3.8, 4) is 11.8 Å². The van der Waals surface area contributed by atoms with E-state index in [2.05, 4.69) is 21.1 Å². The molecule has 0 unspecified atom stereocenters. The zero-order chi connectivity index (χ0) is 17.4. The molecule has 130 valence electrons. The first-order valence-corrected chi connectivity index (χ1v) is 8.30. The maximum absolute atomic E-state index is 12.6. The van der Waals surface area contributed by atoms with Gasteiger partial charge in [-0.3, -0.25) is 4.79 Å². The highest BCUT2D eigenvalue weighted by Crippen LogP contribution is 2.28. The van der Waals surface area contributed by atoms with Crippen LogP contribution in [0, 0.1) is 17.8 Å². The second kappa shape index (κ2) is 6.45. The summed E-state index contributed by atoms with van der Waals surface area (Å²) in [5, 5.41) is 3.58. The number of carbonyl (C=O) groups is 1. The van der Waals surface area contributed by atoms with Crippen molar-refractivity contribution in [2.24, 2.45) is 5.92 Å². The Kier molecular flexibility index (Phi) is 4.14. The van der Waals surface area contributed by atoms with Gasteiger partial charge in [-0.25, -0.2) is 4.98 Å². The first kappa shape index (κ1) is 16.0. The van der Waals surface area contributed by atoms with E-state index in [0.29, 0.717) is 22.5 Å². The van der Waals surface area contributed by atoms with Gasteiger partial charge < -0.3 is 14.6 Å². The van der Waals surface area contributed by atoms with E-state index >= 15 is 0 Å². The van der Waals surface area contributed by atoms with Crippen LogP contribution in [0.5, 0.6) is 0 Å². The Bertz CT molecular complexity index is 860. The number of piperidine rings is 3. The zero-order valence-corrected chi connectivity index (χ0v) is 13.5. The van der Waals surface area contributed by atoms with Gasteiger partial charge in [-0.05, 0) is 43.8 Å². The van der Waals surface area contributed by atoms with Crippen LogP contribution in [-0.2, 0) is 0 Å². The molecule has 1 atom stereocenters. The van der Waals surface area contributed by atoms with Crippen LogP contribution < -0.4 is 5.32 Å². The Hall–Kier alpha value is -2.46. The minimum absolute atomic E-state index is 0.134. The molecule has 0 radical (unpaired) electrons. The molecule has 0 saturated carbocycles. The molecule has 3 aliphatic rings. The summed E-state index contributed by atoms with van der Waals surface area (Å²) in [5.41, 5.74) is 0.984. The van der Waals surface area contributed by atoms with Crippen LogP contribution in [0.3, 0.4) is 0 Å². The predicted molar refractivity (Wildman–Crippen MR) is 87.3 cm³/mol. The normalized spacial score (nSPS) is 25.0. The van der Waals surface area contributed by atoms with Crippen LogP contribution in [0.25, 0.3) is 11.0 Å². The van der Waals surface area contributed by atoms with E-state index in [1.165, 1.54) is 12.5 Å². The smallest absolute Gasteiger partial charge is 0.299 e. The van der Waals surface area contributed by atoms with Gasteiger partial charge in [0, 0.05) is 18.0 Å². The van der Waals surface area contributed by atoms with E-state index in [1.54, 1.807) is 12.0 Å². The van der Waals surface area contributed by atoms with Crippen LogP contribution in [0.15, 0.2) is 22.9 Å². The molecule has 0 aliphatic carbocycles. The molecule has 1 amide bonds. The van der Waals surface area contributed by atoms with Gasteiger partial charge in [0.25, 0.3) is 12.3 Å². The number of carbonyl (C=O) groups excluding carboxylic acids is 1. The van der Waals surface area contributed by atoms with Gasteiger partial charge in [-0.1, -0.05) is 5.92 Å².